The molecule has 1 unspecified atom stereocenters. The molecule has 3 heterocycles. The number of pyridine rings is 1. The predicted octanol–water partition coefficient (Wildman–Crippen LogP) is 1.61. The quantitative estimate of drug-likeness (QED) is 0.571. The smallest absolute Gasteiger partial charge is 0.221 e. The van der Waals surface area contributed by atoms with Crippen LogP contribution in [0.3, 0.4) is 0 Å². The van der Waals surface area contributed by atoms with Crippen LogP contribution < -0.4 is 5.32 Å². The van der Waals surface area contributed by atoms with Gasteiger partial charge in [0.25, 0.3) is 0 Å². The van der Waals surface area contributed by atoms with Crippen LogP contribution in [0.15, 0.2) is 42.7 Å². The van der Waals surface area contributed by atoms with E-state index in [9.17, 15) is 0 Å². The first kappa shape index (κ1) is 15.4. The van der Waals surface area contributed by atoms with Crippen LogP contribution in [0.25, 0.3) is 22.2 Å². The van der Waals surface area contributed by atoms with Gasteiger partial charge in [0.15, 0.2) is 5.65 Å². The van der Waals surface area contributed by atoms with Crippen LogP contribution in [-0.2, 0) is 6.54 Å². The van der Waals surface area contributed by atoms with Crippen molar-refractivity contribution in [2.24, 2.45) is 0 Å². The molecule has 0 radical (unpaired) electrons. The lowest BCUT2D eigenvalue weighted by atomic mass is 10.1. The molecule has 126 valence electrons. The topological polar surface area (TPSA) is 102 Å². The maximum atomic E-state index is 9.16. The van der Waals surface area contributed by atoms with E-state index < -0.39 is 0 Å². The van der Waals surface area contributed by atoms with Crippen molar-refractivity contribution in [1.29, 1.82) is 0 Å². The number of nitrogens with one attached hydrogen (secondary N) is 1. The second-order valence-electron chi connectivity index (χ2n) is 5.91. The monoisotopic (exact) mass is 335 g/mol. The molecule has 0 bridgehead atoms. The lowest BCUT2D eigenvalue weighted by Crippen LogP contribution is -2.20. The van der Waals surface area contributed by atoms with Crippen LogP contribution in [0.5, 0.6) is 0 Å². The summed E-state index contributed by atoms with van der Waals surface area (Å²) in [6, 6.07) is 9.94. The van der Waals surface area contributed by atoms with Crippen molar-refractivity contribution in [2.75, 3.05) is 11.9 Å². The van der Waals surface area contributed by atoms with Gasteiger partial charge in [-0.3, -0.25) is 4.98 Å². The van der Waals surface area contributed by atoms with Crippen molar-refractivity contribution >= 4 is 28.0 Å². The highest BCUT2D eigenvalue weighted by atomic mass is 16.3. The molecule has 0 amide bonds. The van der Waals surface area contributed by atoms with Gasteiger partial charge in [-0.15, -0.1) is 5.10 Å². The molecule has 3 aromatic heterocycles. The van der Waals surface area contributed by atoms with Crippen molar-refractivity contribution < 1.29 is 5.11 Å². The lowest BCUT2D eigenvalue weighted by molar-refractivity contribution is 0.281. The van der Waals surface area contributed by atoms with Crippen molar-refractivity contribution in [3.63, 3.8) is 0 Å². The largest absolute Gasteiger partial charge is 0.394 e. The van der Waals surface area contributed by atoms with Gasteiger partial charge in [0.05, 0.1) is 24.9 Å². The molecule has 0 aliphatic carbocycles. The standard InChI is InChI=1S/C17H17N7O/c1-11(10-25)20-15-8-19-16-17(21-15)24(23-22-16)9-12-4-5-14-13(7-12)3-2-6-18-14/h2-8,11,25H,9-10H2,1H3,(H,20,21). The van der Waals surface area contributed by atoms with E-state index in [4.69, 9.17) is 5.11 Å². The highest BCUT2D eigenvalue weighted by Gasteiger charge is 2.11. The van der Waals surface area contributed by atoms with Crippen LogP contribution >= 0.6 is 0 Å². The number of fused-ring (bicyclic) bond motifs is 2. The zero-order valence-corrected chi connectivity index (χ0v) is 13.7. The summed E-state index contributed by atoms with van der Waals surface area (Å²) in [6.45, 7) is 2.42. The van der Waals surface area contributed by atoms with E-state index in [2.05, 4.69) is 36.6 Å². The third-order valence-electron chi connectivity index (χ3n) is 3.90. The zero-order chi connectivity index (χ0) is 17.2. The van der Waals surface area contributed by atoms with E-state index in [1.807, 2.05) is 31.2 Å². The second kappa shape index (κ2) is 6.40. The predicted molar refractivity (Wildman–Crippen MR) is 94.1 cm³/mol. The Morgan fingerprint density at radius 3 is 3.04 bits per heavy atom. The van der Waals surface area contributed by atoms with Gasteiger partial charge in [0.2, 0.25) is 5.65 Å². The fraction of sp³-hybridized carbons (Fsp3) is 0.235. The summed E-state index contributed by atoms with van der Waals surface area (Å²) in [4.78, 5) is 13.1. The van der Waals surface area contributed by atoms with Gasteiger partial charge in [-0.25, -0.2) is 14.6 Å². The number of hydrogen-bond donors (Lipinski definition) is 2. The third-order valence-corrected chi connectivity index (χ3v) is 3.90. The summed E-state index contributed by atoms with van der Waals surface area (Å²) >= 11 is 0. The van der Waals surface area contributed by atoms with E-state index in [0.29, 0.717) is 23.7 Å². The number of aliphatic hydroxyl groups excluding tert-OH is 1. The van der Waals surface area contributed by atoms with Crippen LogP contribution in [0.4, 0.5) is 5.82 Å². The molecule has 0 saturated carbocycles. The molecule has 0 fully saturated rings. The zero-order valence-electron chi connectivity index (χ0n) is 13.7. The number of nitrogens with zero attached hydrogens (tertiary/aromatic N) is 6. The molecule has 0 saturated heterocycles. The summed E-state index contributed by atoms with van der Waals surface area (Å²) in [5.74, 6) is 0.584. The molecule has 8 nitrogen and oxygen atoms in total. The minimum absolute atomic E-state index is 0.0162. The molecule has 4 aromatic rings. The average molecular weight is 335 g/mol. The van der Waals surface area contributed by atoms with Crippen molar-refractivity contribution in [2.45, 2.75) is 19.5 Å². The summed E-state index contributed by atoms with van der Waals surface area (Å²) in [5, 5.41) is 21.6. The number of benzene rings is 1. The molecule has 2 N–H and O–H groups in total. The van der Waals surface area contributed by atoms with Gasteiger partial charge >= 0.3 is 0 Å². The molecule has 1 aromatic carbocycles. The Kier molecular flexibility index (Phi) is 3.95. The molecule has 0 aliphatic rings. The lowest BCUT2D eigenvalue weighted by Gasteiger charge is -2.10. The minimum atomic E-state index is -0.107. The Morgan fingerprint density at radius 2 is 2.16 bits per heavy atom. The molecule has 4 rings (SSSR count). The van der Waals surface area contributed by atoms with Crippen molar-refractivity contribution in [3.05, 3.63) is 48.3 Å². The third kappa shape index (κ3) is 3.11. The van der Waals surface area contributed by atoms with Gasteiger partial charge in [-0.2, -0.15) is 0 Å². The molecule has 0 aliphatic heterocycles. The Bertz CT molecular complexity index is 1030. The van der Waals surface area contributed by atoms with E-state index in [0.717, 1.165) is 16.5 Å². The van der Waals surface area contributed by atoms with E-state index in [1.165, 1.54) is 0 Å². The Balaban J connectivity index is 1.66. The maximum absolute atomic E-state index is 9.16. The normalized spacial score (nSPS) is 12.6. The molecule has 0 spiro atoms. The Hall–Kier alpha value is -3.13. The average Bonchev–Trinajstić information content (AvgIpc) is 3.04. The molecular weight excluding hydrogens is 318 g/mol. The maximum Gasteiger partial charge on any atom is 0.221 e. The Morgan fingerprint density at radius 1 is 1.24 bits per heavy atom. The highest BCUT2D eigenvalue weighted by molar-refractivity contribution is 5.79. The van der Waals surface area contributed by atoms with Crippen molar-refractivity contribution in [1.82, 2.24) is 29.9 Å². The fourth-order valence-electron chi connectivity index (χ4n) is 2.63. The number of aliphatic hydroxyl groups is 1. The van der Waals surface area contributed by atoms with Gasteiger partial charge in [0, 0.05) is 17.6 Å². The number of aromatic nitrogens is 6. The molecular formula is C17H17N7O. The Labute approximate surface area is 143 Å². The van der Waals surface area contributed by atoms with Gasteiger partial charge < -0.3 is 10.4 Å². The number of anilines is 1. The van der Waals surface area contributed by atoms with Crippen LogP contribution in [0.2, 0.25) is 0 Å². The number of rotatable bonds is 5. The van der Waals surface area contributed by atoms with Crippen LogP contribution in [0.1, 0.15) is 12.5 Å². The molecule has 25 heavy (non-hydrogen) atoms. The van der Waals surface area contributed by atoms with Crippen LogP contribution in [0, 0.1) is 0 Å². The first-order valence-corrected chi connectivity index (χ1v) is 8.00. The highest BCUT2D eigenvalue weighted by Crippen LogP contribution is 2.16. The van der Waals surface area contributed by atoms with E-state index in [-0.39, 0.29) is 12.6 Å². The van der Waals surface area contributed by atoms with Crippen molar-refractivity contribution in [3.8, 4) is 0 Å². The minimum Gasteiger partial charge on any atom is -0.394 e. The molecule has 8 heteroatoms. The first-order chi connectivity index (χ1) is 12.2. The van der Waals surface area contributed by atoms with Gasteiger partial charge in [-0.1, -0.05) is 17.3 Å². The first-order valence-electron chi connectivity index (χ1n) is 8.00. The summed E-state index contributed by atoms with van der Waals surface area (Å²) in [5.41, 5.74) is 3.13. The van der Waals surface area contributed by atoms with Crippen LogP contribution in [-0.4, -0.2) is 47.7 Å². The summed E-state index contributed by atoms with van der Waals surface area (Å²) in [6.07, 6.45) is 3.37. The van der Waals surface area contributed by atoms with Gasteiger partial charge in [-0.05, 0) is 30.7 Å². The van der Waals surface area contributed by atoms with E-state index in [1.54, 1.807) is 17.1 Å². The summed E-state index contributed by atoms with van der Waals surface area (Å²) < 4.78 is 1.72. The SMILES string of the molecule is CC(CO)Nc1cnc2nnn(Cc3ccc4ncccc4c3)c2n1. The summed E-state index contributed by atoms with van der Waals surface area (Å²) in [7, 11) is 0. The molecule has 1 atom stereocenters. The van der Waals surface area contributed by atoms with Gasteiger partial charge in [0.1, 0.15) is 5.82 Å². The second-order valence-corrected chi connectivity index (χ2v) is 5.91. The number of hydrogen-bond acceptors (Lipinski definition) is 7. The van der Waals surface area contributed by atoms with E-state index >= 15 is 0 Å². The fourth-order valence-corrected chi connectivity index (χ4v) is 2.63.